The number of benzene rings is 2. The Labute approximate surface area is 181 Å². The average Bonchev–Trinajstić information content (AvgIpc) is 3.14. The van der Waals surface area contributed by atoms with Gasteiger partial charge in [-0.3, -0.25) is 14.2 Å². The molecule has 1 aliphatic rings. The summed E-state index contributed by atoms with van der Waals surface area (Å²) < 4.78 is 28.6. The van der Waals surface area contributed by atoms with Gasteiger partial charge in [-0.05, 0) is 42.8 Å². The van der Waals surface area contributed by atoms with Crippen molar-refractivity contribution >= 4 is 55.7 Å². The van der Waals surface area contributed by atoms with Gasteiger partial charge >= 0.3 is 0 Å². The summed E-state index contributed by atoms with van der Waals surface area (Å²) >= 11 is 11.7. The van der Waals surface area contributed by atoms with E-state index >= 15 is 0 Å². The second-order valence-electron chi connectivity index (χ2n) is 6.80. The van der Waals surface area contributed by atoms with Crippen molar-refractivity contribution in [2.75, 3.05) is 11.9 Å². The van der Waals surface area contributed by atoms with Crippen molar-refractivity contribution in [2.45, 2.75) is 24.3 Å². The lowest BCUT2D eigenvalue weighted by molar-refractivity contribution is -0.115. The third-order valence-electron chi connectivity index (χ3n) is 4.67. The molecule has 0 saturated carbocycles. The number of fused-ring (bicyclic) bond motifs is 2. The van der Waals surface area contributed by atoms with E-state index < -0.39 is 22.5 Å². The van der Waals surface area contributed by atoms with Crippen LogP contribution in [-0.2, 0) is 27.8 Å². The number of carbonyl (C=O) groups excluding carboxylic acids is 1. The first-order valence-corrected chi connectivity index (χ1v) is 11.3. The van der Waals surface area contributed by atoms with Gasteiger partial charge in [0.05, 0.1) is 22.3 Å². The van der Waals surface area contributed by atoms with Crippen molar-refractivity contribution in [2.24, 2.45) is 0 Å². The van der Waals surface area contributed by atoms with Crippen LogP contribution in [0.15, 0.2) is 46.1 Å². The minimum Gasteiger partial charge on any atom is -0.325 e. The maximum atomic E-state index is 12.5. The second kappa shape index (κ2) is 7.99. The number of anilines is 1. The van der Waals surface area contributed by atoms with E-state index in [1.54, 1.807) is 22.8 Å². The first kappa shape index (κ1) is 20.8. The topological polar surface area (TPSA) is 110 Å². The summed E-state index contributed by atoms with van der Waals surface area (Å²) in [5.74, 6) is 0.146. The van der Waals surface area contributed by atoms with E-state index in [4.69, 9.17) is 23.2 Å². The Kier molecular flexibility index (Phi) is 5.54. The molecule has 0 bridgehead atoms. The van der Waals surface area contributed by atoms with Crippen molar-refractivity contribution in [3.05, 3.63) is 62.6 Å². The second-order valence-corrected chi connectivity index (χ2v) is 9.44. The molecule has 0 atom stereocenters. The minimum absolute atomic E-state index is 0.0988. The molecule has 1 amide bonds. The highest BCUT2D eigenvalue weighted by Gasteiger charge is 2.18. The van der Waals surface area contributed by atoms with Crippen LogP contribution in [0.4, 0.5) is 5.69 Å². The molecule has 0 spiro atoms. The van der Waals surface area contributed by atoms with Crippen molar-refractivity contribution in [3.8, 4) is 0 Å². The van der Waals surface area contributed by atoms with Crippen molar-refractivity contribution in [1.82, 2.24) is 14.3 Å². The summed E-state index contributed by atoms with van der Waals surface area (Å²) in [5.41, 5.74) is 0.797. The highest BCUT2D eigenvalue weighted by molar-refractivity contribution is 7.89. The molecular weight excluding hydrogens is 451 g/mol. The van der Waals surface area contributed by atoms with Gasteiger partial charge in [0, 0.05) is 28.7 Å². The van der Waals surface area contributed by atoms with E-state index in [2.05, 4.69) is 15.0 Å². The summed E-state index contributed by atoms with van der Waals surface area (Å²) in [5, 5.41) is 3.40. The quantitative estimate of drug-likeness (QED) is 0.600. The predicted octanol–water partition coefficient (Wildman–Crippen LogP) is 2.57. The SMILES string of the molecule is O=C(CNS(=O)(=O)c1cc(Cl)cc(Cl)c1)Nc1ccc2c(=O)n3c(nc2c1)CCC3. The molecule has 1 aliphatic heterocycles. The molecular formula is C19H16Cl2N4O4S. The van der Waals surface area contributed by atoms with E-state index in [0.717, 1.165) is 18.7 Å². The predicted molar refractivity (Wildman–Crippen MR) is 115 cm³/mol. The summed E-state index contributed by atoms with van der Waals surface area (Å²) in [6.45, 7) is 0.165. The largest absolute Gasteiger partial charge is 0.325 e. The van der Waals surface area contributed by atoms with Gasteiger partial charge in [-0.2, -0.15) is 0 Å². The lowest BCUT2D eigenvalue weighted by Crippen LogP contribution is -2.33. The molecule has 0 saturated heterocycles. The number of nitrogens with zero attached hydrogens (tertiary/aromatic N) is 2. The van der Waals surface area contributed by atoms with Crippen LogP contribution in [0.5, 0.6) is 0 Å². The lowest BCUT2D eigenvalue weighted by Gasteiger charge is -2.10. The molecule has 0 fully saturated rings. The van der Waals surface area contributed by atoms with Gasteiger partial charge in [0.25, 0.3) is 5.56 Å². The number of aromatic nitrogens is 2. The van der Waals surface area contributed by atoms with Gasteiger partial charge in [-0.1, -0.05) is 23.2 Å². The summed E-state index contributed by atoms with van der Waals surface area (Å²) in [4.78, 5) is 29.1. The number of amides is 1. The Morgan fingerprint density at radius 1 is 1.13 bits per heavy atom. The Hall–Kier alpha value is -2.46. The van der Waals surface area contributed by atoms with Crippen molar-refractivity contribution in [1.29, 1.82) is 0 Å². The van der Waals surface area contributed by atoms with Crippen LogP contribution in [0.2, 0.25) is 10.0 Å². The fourth-order valence-electron chi connectivity index (χ4n) is 3.29. The Morgan fingerprint density at radius 2 is 1.87 bits per heavy atom. The fraction of sp³-hybridized carbons (Fsp3) is 0.211. The van der Waals surface area contributed by atoms with E-state index in [1.807, 2.05) is 0 Å². The van der Waals surface area contributed by atoms with Crippen LogP contribution in [-0.4, -0.2) is 30.4 Å². The first-order valence-electron chi connectivity index (χ1n) is 9.02. The zero-order chi connectivity index (χ0) is 21.5. The van der Waals surface area contributed by atoms with Gasteiger partial charge in [0.2, 0.25) is 15.9 Å². The van der Waals surface area contributed by atoms with E-state index in [0.29, 0.717) is 23.1 Å². The van der Waals surface area contributed by atoms with Gasteiger partial charge in [0.1, 0.15) is 5.82 Å². The van der Waals surface area contributed by atoms with Crippen LogP contribution in [0, 0.1) is 0 Å². The Balaban J connectivity index is 1.48. The summed E-state index contributed by atoms with van der Waals surface area (Å²) in [7, 11) is -3.98. The number of sulfonamides is 1. The van der Waals surface area contributed by atoms with Crippen molar-refractivity contribution in [3.63, 3.8) is 0 Å². The number of rotatable bonds is 5. The van der Waals surface area contributed by atoms with Crippen LogP contribution in [0.1, 0.15) is 12.2 Å². The fourth-order valence-corrected chi connectivity index (χ4v) is 5.00. The molecule has 0 aliphatic carbocycles. The molecule has 8 nitrogen and oxygen atoms in total. The standard InChI is InChI=1S/C19H16Cl2N4O4S/c20-11-6-12(21)8-14(7-11)30(28,29)22-10-18(26)23-13-3-4-15-16(9-13)24-17-2-1-5-25(17)19(15)27/h3-4,6-9,22H,1-2,5,10H2,(H,23,26). The first-order chi connectivity index (χ1) is 14.2. The molecule has 2 N–H and O–H groups in total. The maximum Gasteiger partial charge on any atom is 0.261 e. The van der Waals surface area contributed by atoms with Crippen LogP contribution in [0.25, 0.3) is 10.9 Å². The van der Waals surface area contributed by atoms with Gasteiger partial charge < -0.3 is 5.32 Å². The number of carbonyl (C=O) groups is 1. The van der Waals surface area contributed by atoms with E-state index in [-0.39, 0.29) is 20.5 Å². The van der Waals surface area contributed by atoms with Gasteiger partial charge in [-0.15, -0.1) is 0 Å². The zero-order valence-corrected chi connectivity index (χ0v) is 17.8. The van der Waals surface area contributed by atoms with Crippen LogP contribution < -0.4 is 15.6 Å². The maximum absolute atomic E-state index is 12.5. The molecule has 0 unspecified atom stereocenters. The molecule has 1 aromatic heterocycles. The molecule has 2 heterocycles. The molecule has 0 radical (unpaired) electrons. The summed E-state index contributed by atoms with van der Waals surface area (Å²) in [6.07, 6.45) is 1.61. The minimum atomic E-state index is -3.98. The molecule has 4 rings (SSSR count). The zero-order valence-electron chi connectivity index (χ0n) is 15.5. The average molecular weight is 467 g/mol. The summed E-state index contributed by atoms with van der Waals surface area (Å²) in [6, 6.07) is 8.66. The van der Waals surface area contributed by atoms with Gasteiger partial charge in [0.15, 0.2) is 0 Å². The smallest absolute Gasteiger partial charge is 0.261 e. The number of aryl methyl sites for hydroxylation is 1. The molecule has 3 aromatic rings. The molecule has 156 valence electrons. The number of halogens is 2. The number of hydrogen-bond acceptors (Lipinski definition) is 5. The molecule has 2 aromatic carbocycles. The van der Waals surface area contributed by atoms with Gasteiger partial charge in [-0.25, -0.2) is 18.1 Å². The van der Waals surface area contributed by atoms with Crippen molar-refractivity contribution < 1.29 is 13.2 Å². The van der Waals surface area contributed by atoms with Crippen LogP contribution >= 0.6 is 23.2 Å². The number of nitrogens with one attached hydrogen (secondary N) is 2. The Bertz CT molecular complexity index is 1320. The van der Waals surface area contributed by atoms with E-state index in [1.165, 1.54) is 18.2 Å². The third-order valence-corrected chi connectivity index (χ3v) is 6.49. The lowest BCUT2D eigenvalue weighted by atomic mass is 10.2. The molecule has 30 heavy (non-hydrogen) atoms. The normalized spacial score (nSPS) is 13.4. The van der Waals surface area contributed by atoms with E-state index in [9.17, 15) is 18.0 Å². The highest BCUT2D eigenvalue weighted by atomic mass is 35.5. The highest BCUT2D eigenvalue weighted by Crippen LogP contribution is 2.22. The van der Waals surface area contributed by atoms with Crippen LogP contribution in [0.3, 0.4) is 0 Å². The third kappa shape index (κ3) is 4.20. The number of hydrogen-bond donors (Lipinski definition) is 2. The monoisotopic (exact) mass is 466 g/mol. The Morgan fingerprint density at radius 3 is 2.60 bits per heavy atom. The molecule has 11 heteroatoms.